The summed E-state index contributed by atoms with van der Waals surface area (Å²) in [4.78, 5) is 14.4. The minimum Gasteiger partial charge on any atom is -0.495 e. The van der Waals surface area contributed by atoms with Crippen LogP contribution >= 0.6 is 23.2 Å². The van der Waals surface area contributed by atoms with Crippen LogP contribution in [0.25, 0.3) is 0 Å². The summed E-state index contributed by atoms with van der Waals surface area (Å²) in [5.41, 5.74) is 1.70. The van der Waals surface area contributed by atoms with Crippen LogP contribution in [0.15, 0.2) is 42.5 Å². The Hall–Kier alpha value is -1.59. The molecule has 0 saturated carbocycles. The monoisotopic (exact) mass is 380 g/mol. The maximum atomic E-state index is 12.3. The summed E-state index contributed by atoms with van der Waals surface area (Å²) in [5, 5.41) is 4.37. The fraction of sp³-hybridized carbons (Fsp3) is 0.316. The highest BCUT2D eigenvalue weighted by molar-refractivity contribution is 6.32. The van der Waals surface area contributed by atoms with Gasteiger partial charge in [-0.05, 0) is 50.0 Å². The van der Waals surface area contributed by atoms with Crippen molar-refractivity contribution in [3.05, 3.63) is 63.6 Å². The molecule has 0 aliphatic carbocycles. The van der Waals surface area contributed by atoms with Gasteiger partial charge in [-0.25, -0.2) is 0 Å². The minimum absolute atomic E-state index is 0.0156. The fourth-order valence-electron chi connectivity index (χ4n) is 2.55. The molecule has 0 bridgehead atoms. The molecule has 1 N–H and O–H groups in total. The van der Waals surface area contributed by atoms with Crippen molar-refractivity contribution >= 4 is 29.0 Å². The first kappa shape index (κ1) is 19.7. The first-order valence-electron chi connectivity index (χ1n) is 7.91. The number of carbonyl (C=O) groups excluding carboxylic acids is 1. The Balaban J connectivity index is 1.96. The summed E-state index contributed by atoms with van der Waals surface area (Å²) in [5.74, 6) is 0.541. The first-order chi connectivity index (χ1) is 11.9. The first-order valence-corrected chi connectivity index (χ1v) is 8.67. The van der Waals surface area contributed by atoms with E-state index in [2.05, 4.69) is 10.2 Å². The van der Waals surface area contributed by atoms with E-state index >= 15 is 0 Å². The van der Waals surface area contributed by atoms with E-state index in [1.54, 1.807) is 25.3 Å². The normalized spacial score (nSPS) is 12.2. The van der Waals surface area contributed by atoms with Gasteiger partial charge in [0.05, 0.1) is 18.7 Å². The summed E-state index contributed by atoms with van der Waals surface area (Å²) >= 11 is 12.0. The molecule has 1 unspecified atom stereocenters. The van der Waals surface area contributed by atoms with Gasteiger partial charge in [0.2, 0.25) is 0 Å². The average Bonchev–Trinajstić information content (AvgIpc) is 2.59. The average molecular weight is 381 g/mol. The molecular weight excluding hydrogens is 359 g/mol. The number of hydrogen-bond acceptors (Lipinski definition) is 4. The Morgan fingerprint density at radius 1 is 1.16 bits per heavy atom. The van der Waals surface area contributed by atoms with Crippen LogP contribution in [0.3, 0.4) is 0 Å². The fourth-order valence-corrected chi connectivity index (χ4v) is 2.93. The number of methoxy groups -OCH3 is 1. The summed E-state index contributed by atoms with van der Waals surface area (Å²) < 4.78 is 5.10. The summed E-state index contributed by atoms with van der Waals surface area (Å²) in [6, 6.07) is 12.9. The van der Waals surface area contributed by atoms with Crippen molar-refractivity contribution in [2.75, 3.05) is 34.3 Å². The van der Waals surface area contributed by atoms with Gasteiger partial charge in [0.15, 0.2) is 5.78 Å². The molecule has 6 heteroatoms. The van der Waals surface area contributed by atoms with Gasteiger partial charge in [-0.1, -0.05) is 35.3 Å². The summed E-state index contributed by atoms with van der Waals surface area (Å²) in [7, 11) is 5.56. The van der Waals surface area contributed by atoms with Crippen LogP contribution in [0.1, 0.15) is 22.0 Å². The van der Waals surface area contributed by atoms with Crippen LogP contribution in [0.2, 0.25) is 10.0 Å². The molecular formula is C19H22Cl2N2O2. The van der Waals surface area contributed by atoms with E-state index in [0.717, 1.165) is 5.56 Å². The number of Topliss-reactive ketones (excluding diaryl/α,β-unsaturated/α-hetero) is 1. The van der Waals surface area contributed by atoms with Gasteiger partial charge >= 0.3 is 0 Å². The molecule has 0 aliphatic heterocycles. The van der Waals surface area contributed by atoms with E-state index in [4.69, 9.17) is 27.9 Å². The van der Waals surface area contributed by atoms with E-state index in [0.29, 0.717) is 27.9 Å². The third kappa shape index (κ3) is 5.44. The molecule has 2 aromatic rings. The highest BCUT2D eigenvalue weighted by atomic mass is 35.5. The van der Waals surface area contributed by atoms with Crippen LogP contribution in [0.4, 0.5) is 0 Å². The second kappa shape index (κ2) is 9.20. The number of halogens is 2. The third-order valence-electron chi connectivity index (χ3n) is 3.98. The number of nitrogens with one attached hydrogen (secondary N) is 1. The van der Waals surface area contributed by atoms with Gasteiger partial charge < -0.3 is 15.0 Å². The van der Waals surface area contributed by atoms with Crippen molar-refractivity contribution in [3.63, 3.8) is 0 Å². The lowest BCUT2D eigenvalue weighted by Gasteiger charge is -2.25. The van der Waals surface area contributed by atoms with Crippen molar-refractivity contribution in [1.29, 1.82) is 0 Å². The Bertz CT molecular complexity index is 718. The second-order valence-corrected chi connectivity index (χ2v) is 6.78. The Morgan fingerprint density at radius 2 is 1.84 bits per heavy atom. The molecule has 0 spiro atoms. The molecule has 0 saturated heterocycles. The Morgan fingerprint density at radius 3 is 2.40 bits per heavy atom. The molecule has 2 rings (SSSR count). The lowest BCUT2D eigenvalue weighted by Crippen LogP contribution is -2.33. The van der Waals surface area contributed by atoms with Gasteiger partial charge in [-0.2, -0.15) is 0 Å². The van der Waals surface area contributed by atoms with Gasteiger partial charge in [-0.15, -0.1) is 0 Å². The maximum Gasteiger partial charge on any atom is 0.176 e. The number of likely N-dealkylation sites (N-methyl/N-ethyl adjacent to an activating group) is 1. The quantitative estimate of drug-likeness (QED) is 0.700. The molecule has 0 fully saturated rings. The van der Waals surface area contributed by atoms with Crippen LogP contribution in [-0.4, -0.2) is 45.0 Å². The van der Waals surface area contributed by atoms with E-state index in [1.807, 2.05) is 38.4 Å². The zero-order valence-corrected chi connectivity index (χ0v) is 16.1. The molecule has 25 heavy (non-hydrogen) atoms. The standard InChI is InChI=1S/C19H22Cl2N2O2/c1-23(2)17(13-4-7-15(20)8-5-13)11-22-12-18(24)14-6-9-19(25-3)16(21)10-14/h4-10,17,22H,11-12H2,1-3H3. The number of carbonyl (C=O) groups is 1. The molecule has 4 nitrogen and oxygen atoms in total. The van der Waals surface area contributed by atoms with E-state index < -0.39 is 0 Å². The molecule has 2 aromatic carbocycles. The van der Waals surface area contributed by atoms with Crippen molar-refractivity contribution in [1.82, 2.24) is 10.2 Å². The lowest BCUT2D eigenvalue weighted by molar-refractivity contribution is 0.0988. The van der Waals surface area contributed by atoms with Crippen molar-refractivity contribution < 1.29 is 9.53 Å². The van der Waals surface area contributed by atoms with Crippen molar-refractivity contribution in [3.8, 4) is 5.75 Å². The highest BCUT2D eigenvalue weighted by Gasteiger charge is 2.15. The van der Waals surface area contributed by atoms with Crippen LogP contribution < -0.4 is 10.1 Å². The number of benzene rings is 2. The van der Waals surface area contributed by atoms with Crippen LogP contribution in [0.5, 0.6) is 5.75 Å². The topological polar surface area (TPSA) is 41.6 Å². The third-order valence-corrected chi connectivity index (χ3v) is 4.52. The van der Waals surface area contributed by atoms with E-state index in [-0.39, 0.29) is 18.4 Å². The predicted molar refractivity (Wildman–Crippen MR) is 103 cm³/mol. The van der Waals surface area contributed by atoms with Crippen molar-refractivity contribution in [2.24, 2.45) is 0 Å². The molecule has 0 radical (unpaired) electrons. The minimum atomic E-state index is -0.0156. The molecule has 0 amide bonds. The Kier molecular flexibility index (Phi) is 7.26. The highest BCUT2D eigenvalue weighted by Crippen LogP contribution is 2.25. The molecule has 1 atom stereocenters. The summed E-state index contributed by atoms with van der Waals surface area (Å²) in [6.45, 7) is 0.880. The Labute approximate surface area is 158 Å². The smallest absolute Gasteiger partial charge is 0.176 e. The van der Waals surface area contributed by atoms with Crippen LogP contribution in [-0.2, 0) is 0 Å². The SMILES string of the molecule is COc1ccc(C(=O)CNCC(c2ccc(Cl)cc2)N(C)C)cc1Cl. The molecule has 134 valence electrons. The second-order valence-electron chi connectivity index (χ2n) is 5.93. The van der Waals surface area contributed by atoms with Gasteiger partial charge in [0.25, 0.3) is 0 Å². The number of rotatable bonds is 8. The number of ether oxygens (including phenoxy) is 1. The van der Waals surface area contributed by atoms with Gasteiger partial charge in [0.1, 0.15) is 5.75 Å². The molecule has 0 heterocycles. The molecule has 0 aliphatic rings. The maximum absolute atomic E-state index is 12.3. The largest absolute Gasteiger partial charge is 0.495 e. The number of ketones is 1. The zero-order valence-electron chi connectivity index (χ0n) is 14.6. The van der Waals surface area contributed by atoms with E-state index in [1.165, 1.54) is 0 Å². The van der Waals surface area contributed by atoms with Crippen molar-refractivity contribution in [2.45, 2.75) is 6.04 Å². The predicted octanol–water partition coefficient (Wildman–Crippen LogP) is 4.08. The van der Waals surface area contributed by atoms with Crippen LogP contribution in [0, 0.1) is 0 Å². The lowest BCUT2D eigenvalue weighted by atomic mass is 10.1. The summed E-state index contributed by atoms with van der Waals surface area (Å²) in [6.07, 6.45) is 0. The number of hydrogen-bond donors (Lipinski definition) is 1. The van der Waals surface area contributed by atoms with Gasteiger partial charge in [-0.3, -0.25) is 4.79 Å². The van der Waals surface area contributed by atoms with Gasteiger partial charge in [0, 0.05) is 23.2 Å². The molecule has 0 aromatic heterocycles. The van der Waals surface area contributed by atoms with E-state index in [9.17, 15) is 4.79 Å². The number of nitrogens with zero attached hydrogens (tertiary/aromatic N) is 1. The zero-order chi connectivity index (χ0) is 18.4.